The van der Waals surface area contributed by atoms with E-state index in [1.165, 1.54) is 12.1 Å². The highest BCUT2D eigenvalue weighted by atomic mass is 35.5. The van der Waals surface area contributed by atoms with Crippen LogP contribution in [-0.4, -0.2) is 36.2 Å². The van der Waals surface area contributed by atoms with E-state index in [2.05, 4.69) is 16.8 Å². The fourth-order valence-corrected chi connectivity index (χ4v) is 2.38. The van der Waals surface area contributed by atoms with Gasteiger partial charge in [0, 0.05) is 32.2 Å². The third kappa shape index (κ3) is 4.63. The van der Waals surface area contributed by atoms with Crippen LogP contribution in [0.3, 0.4) is 0 Å². The van der Waals surface area contributed by atoms with Crippen LogP contribution in [0.2, 0.25) is 0 Å². The van der Waals surface area contributed by atoms with Gasteiger partial charge in [-0.15, -0.1) is 31.4 Å². The Kier molecular flexibility index (Phi) is 8.81. The van der Waals surface area contributed by atoms with Gasteiger partial charge >= 0.3 is 0 Å². The van der Waals surface area contributed by atoms with E-state index >= 15 is 0 Å². The van der Waals surface area contributed by atoms with E-state index in [-0.39, 0.29) is 36.6 Å². The third-order valence-electron chi connectivity index (χ3n) is 3.34. The molecule has 0 amide bonds. The zero-order chi connectivity index (χ0) is 13.0. The second-order valence-electron chi connectivity index (χ2n) is 4.54. The molecule has 1 atom stereocenters. The van der Waals surface area contributed by atoms with Gasteiger partial charge < -0.3 is 10.4 Å². The molecule has 1 fully saturated rings. The minimum atomic E-state index is -0.559. The molecule has 20 heavy (non-hydrogen) atoms. The Hall–Kier alpha value is -0.810. The fourth-order valence-electron chi connectivity index (χ4n) is 2.38. The fraction of sp³-hybridized carbons (Fsp3) is 0.429. The number of phenolic OH excluding ortho intramolecular Hbond substituents is 1. The van der Waals surface area contributed by atoms with Crippen LogP contribution in [0.15, 0.2) is 30.9 Å². The van der Waals surface area contributed by atoms with Crippen molar-refractivity contribution in [1.82, 2.24) is 10.2 Å². The van der Waals surface area contributed by atoms with E-state index in [1.54, 1.807) is 6.07 Å². The number of hydrogen-bond donors (Lipinski definition) is 2. The van der Waals surface area contributed by atoms with Gasteiger partial charge in [0.2, 0.25) is 0 Å². The van der Waals surface area contributed by atoms with Gasteiger partial charge in [0.05, 0.1) is 0 Å². The normalized spacial score (nSPS) is 16.6. The summed E-state index contributed by atoms with van der Waals surface area (Å²) in [7, 11) is 0. The Balaban J connectivity index is 0.00000180. The molecular formula is C14H21Cl2FN2O. The van der Waals surface area contributed by atoms with Crippen molar-refractivity contribution < 1.29 is 9.50 Å². The van der Waals surface area contributed by atoms with Crippen molar-refractivity contribution in [2.75, 3.05) is 26.2 Å². The zero-order valence-electron chi connectivity index (χ0n) is 11.2. The molecule has 1 heterocycles. The van der Waals surface area contributed by atoms with Gasteiger partial charge in [0.1, 0.15) is 0 Å². The number of benzene rings is 1. The molecule has 0 aromatic heterocycles. The summed E-state index contributed by atoms with van der Waals surface area (Å²) in [6, 6.07) is 4.77. The topological polar surface area (TPSA) is 35.5 Å². The molecule has 1 aliphatic heterocycles. The first-order valence-electron chi connectivity index (χ1n) is 6.26. The predicted molar refractivity (Wildman–Crippen MR) is 84.6 cm³/mol. The van der Waals surface area contributed by atoms with Crippen molar-refractivity contribution >= 4 is 24.8 Å². The number of rotatable bonds is 4. The zero-order valence-corrected chi connectivity index (χ0v) is 12.9. The van der Waals surface area contributed by atoms with E-state index in [0.29, 0.717) is 0 Å². The Morgan fingerprint density at radius 1 is 1.35 bits per heavy atom. The van der Waals surface area contributed by atoms with Crippen LogP contribution in [0.1, 0.15) is 18.0 Å². The number of nitrogens with one attached hydrogen (secondary N) is 1. The number of nitrogens with zero attached hydrogens (tertiary/aromatic N) is 1. The SMILES string of the molecule is C=CC[C@@H](c1ccc(O)c(F)c1)N1CCNCC1.Cl.Cl. The van der Waals surface area contributed by atoms with Crippen LogP contribution < -0.4 is 5.32 Å². The van der Waals surface area contributed by atoms with Crippen LogP contribution in [0.25, 0.3) is 0 Å². The van der Waals surface area contributed by atoms with E-state index in [1.807, 2.05) is 6.08 Å². The summed E-state index contributed by atoms with van der Waals surface area (Å²) in [6.07, 6.45) is 2.64. The average molecular weight is 323 g/mol. The van der Waals surface area contributed by atoms with Crippen molar-refractivity contribution in [3.63, 3.8) is 0 Å². The molecule has 2 rings (SSSR count). The van der Waals surface area contributed by atoms with E-state index in [9.17, 15) is 9.50 Å². The molecule has 1 saturated heterocycles. The molecule has 0 bridgehead atoms. The van der Waals surface area contributed by atoms with Gasteiger partial charge in [-0.1, -0.05) is 12.1 Å². The molecular weight excluding hydrogens is 302 g/mol. The quantitative estimate of drug-likeness (QED) is 0.837. The summed E-state index contributed by atoms with van der Waals surface area (Å²) >= 11 is 0. The summed E-state index contributed by atoms with van der Waals surface area (Å²) in [5, 5.41) is 12.5. The van der Waals surface area contributed by atoms with Crippen LogP contribution in [0.4, 0.5) is 4.39 Å². The molecule has 0 radical (unpaired) electrons. The number of piperazine rings is 1. The van der Waals surface area contributed by atoms with Crippen molar-refractivity contribution in [1.29, 1.82) is 0 Å². The average Bonchev–Trinajstić information content (AvgIpc) is 2.40. The predicted octanol–water partition coefficient (Wildman–Crippen LogP) is 2.90. The smallest absolute Gasteiger partial charge is 0.165 e. The lowest BCUT2D eigenvalue weighted by molar-refractivity contribution is 0.174. The molecule has 3 nitrogen and oxygen atoms in total. The van der Waals surface area contributed by atoms with Crippen LogP contribution in [-0.2, 0) is 0 Å². The van der Waals surface area contributed by atoms with E-state index in [4.69, 9.17) is 0 Å². The van der Waals surface area contributed by atoms with Gasteiger partial charge in [0.25, 0.3) is 0 Å². The Bertz CT molecular complexity index is 426. The lowest BCUT2D eigenvalue weighted by atomic mass is 10.0. The Morgan fingerprint density at radius 2 is 2.00 bits per heavy atom. The number of aromatic hydroxyl groups is 1. The Labute approximate surface area is 131 Å². The summed E-state index contributed by atoms with van der Waals surface area (Å²) in [5.41, 5.74) is 0.895. The molecule has 2 N–H and O–H groups in total. The maximum atomic E-state index is 13.4. The largest absolute Gasteiger partial charge is 0.505 e. The molecule has 1 aromatic rings. The monoisotopic (exact) mass is 322 g/mol. The number of halogens is 3. The highest BCUT2D eigenvalue weighted by Crippen LogP contribution is 2.28. The van der Waals surface area contributed by atoms with Crippen LogP contribution in [0, 0.1) is 5.82 Å². The highest BCUT2D eigenvalue weighted by molar-refractivity contribution is 5.85. The second-order valence-corrected chi connectivity index (χ2v) is 4.54. The van der Waals surface area contributed by atoms with Crippen LogP contribution >= 0.6 is 24.8 Å². The van der Waals surface area contributed by atoms with Crippen LogP contribution in [0.5, 0.6) is 5.75 Å². The molecule has 0 saturated carbocycles. The molecule has 1 aliphatic rings. The van der Waals surface area contributed by atoms with Gasteiger partial charge in [0.15, 0.2) is 11.6 Å². The summed E-state index contributed by atoms with van der Waals surface area (Å²) in [6.45, 7) is 7.57. The molecule has 0 unspecified atom stereocenters. The van der Waals surface area contributed by atoms with Crippen molar-refractivity contribution in [2.24, 2.45) is 0 Å². The molecule has 6 heteroatoms. The van der Waals surface area contributed by atoms with Gasteiger partial charge in [-0.25, -0.2) is 4.39 Å². The lowest BCUT2D eigenvalue weighted by Gasteiger charge is -2.34. The maximum Gasteiger partial charge on any atom is 0.165 e. The minimum absolute atomic E-state index is 0. The molecule has 114 valence electrons. The standard InChI is InChI=1S/C14H19FN2O.2ClH/c1-2-3-13(17-8-6-16-7-9-17)11-4-5-14(18)12(15)10-11;;/h2,4-5,10,13,16,18H,1,3,6-9H2;2*1H/t13-;;/m0../s1. The first kappa shape index (κ1) is 19.2. The van der Waals surface area contributed by atoms with E-state index < -0.39 is 5.82 Å². The van der Waals surface area contributed by atoms with Gasteiger partial charge in [-0.2, -0.15) is 0 Å². The van der Waals surface area contributed by atoms with E-state index in [0.717, 1.165) is 38.2 Å². The lowest BCUT2D eigenvalue weighted by Crippen LogP contribution is -2.45. The van der Waals surface area contributed by atoms with Crippen molar-refractivity contribution in [2.45, 2.75) is 12.5 Å². The minimum Gasteiger partial charge on any atom is -0.505 e. The van der Waals surface area contributed by atoms with Crippen molar-refractivity contribution in [3.8, 4) is 5.75 Å². The molecule has 1 aromatic carbocycles. The Morgan fingerprint density at radius 3 is 2.55 bits per heavy atom. The van der Waals surface area contributed by atoms with Gasteiger partial charge in [-0.3, -0.25) is 4.90 Å². The molecule has 0 aliphatic carbocycles. The number of hydrogen-bond acceptors (Lipinski definition) is 3. The van der Waals surface area contributed by atoms with Gasteiger partial charge in [-0.05, 0) is 24.1 Å². The summed E-state index contributed by atoms with van der Waals surface area (Å²) in [4.78, 5) is 2.32. The first-order valence-corrected chi connectivity index (χ1v) is 6.26. The summed E-state index contributed by atoms with van der Waals surface area (Å²) < 4.78 is 13.4. The second kappa shape index (κ2) is 9.19. The highest BCUT2D eigenvalue weighted by Gasteiger charge is 2.21. The first-order chi connectivity index (χ1) is 8.72. The van der Waals surface area contributed by atoms with Crippen molar-refractivity contribution in [3.05, 3.63) is 42.2 Å². The summed E-state index contributed by atoms with van der Waals surface area (Å²) in [5.74, 6) is -0.854. The molecule has 0 spiro atoms. The third-order valence-corrected chi connectivity index (χ3v) is 3.34. The maximum absolute atomic E-state index is 13.4. The number of phenols is 1.